The van der Waals surface area contributed by atoms with Crippen LogP contribution < -0.4 is 10.1 Å². The van der Waals surface area contributed by atoms with Crippen LogP contribution in [0.2, 0.25) is 10.0 Å². The van der Waals surface area contributed by atoms with Gasteiger partial charge in [0.25, 0.3) is 17.1 Å². The molecule has 178 valence electrons. The predicted octanol–water partition coefficient (Wildman–Crippen LogP) is 7.01. The normalized spacial score (nSPS) is 14.5. The van der Waals surface area contributed by atoms with E-state index in [1.807, 2.05) is 0 Å². The van der Waals surface area contributed by atoms with Crippen LogP contribution >= 0.6 is 50.9 Å². The largest absolute Gasteiger partial charge is 0.483 e. The number of hydrogen-bond donors (Lipinski definition) is 1. The van der Waals surface area contributed by atoms with Gasteiger partial charge in [0.15, 0.2) is 6.61 Å². The van der Waals surface area contributed by atoms with Crippen LogP contribution in [0.25, 0.3) is 6.08 Å². The number of halogens is 3. The van der Waals surface area contributed by atoms with Gasteiger partial charge in [-0.1, -0.05) is 69.5 Å². The average Bonchev–Trinajstić information content (AvgIpc) is 3.09. The molecule has 1 fully saturated rings. The summed E-state index contributed by atoms with van der Waals surface area (Å²) in [7, 11) is 0. The molecule has 0 aliphatic carbocycles. The summed E-state index contributed by atoms with van der Waals surface area (Å²) < 4.78 is 6.46. The van der Waals surface area contributed by atoms with E-state index in [1.54, 1.807) is 72.8 Å². The van der Waals surface area contributed by atoms with E-state index < -0.39 is 17.1 Å². The molecule has 0 saturated carbocycles. The Kier molecular flexibility index (Phi) is 8.18. The molecule has 1 saturated heterocycles. The fourth-order valence-electron chi connectivity index (χ4n) is 3.23. The Morgan fingerprint density at radius 2 is 1.74 bits per heavy atom. The average molecular weight is 592 g/mol. The van der Waals surface area contributed by atoms with Gasteiger partial charge >= 0.3 is 0 Å². The molecule has 1 N–H and O–H groups in total. The van der Waals surface area contributed by atoms with Crippen LogP contribution in [0.15, 0.2) is 76.1 Å². The summed E-state index contributed by atoms with van der Waals surface area (Å²) in [5, 5.41) is 3.19. The lowest BCUT2D eigenvalue weighted by atomic mass is 10.1. The number of imide groups is 1. The van der Waals surface area contributed by atoms with Gasteiger partial charge in [0, 0.05) is 15.1 Å². The molecule has 0 aromatic heterocycles. The van der Waals surface area contributed by atoms with Crippen LogP contribution in [0.4, 0.5) is 10.5 Å². The fraction of sp³-hybridized carbons (Fsp3) is 0.0800. The molecule has 3 aromatic carbocycles. The van der Waals surface area contributed by atoms with Gasteiger partial charge in [-0.3, -0.25) is 19.3 Å². The molecule has 1 aliphatic rings. The standard InChI is InChI=1S/C25H17BrCl2N2O4S/c26-17-9-10-21(34-14-23(31)29-20-8-4-3-7-19(20)28)16(11-17)12-22-24(32)30(25(33)35-22)13-15-5-1-2-6-18(15)27/h1-12H,13-14H2,(H,29,31)/b22-12-. The number of carbonyl (C=O) groups excluding carboxylic acids is 3. The van der Waals surface area contributed by atoms with Crippen molar-refractivity contribution in [2.24, 2.45) is 0 Å². The fourth-order valence-corrected chi connectivity index (χ4v) is 4.82. The number of hydrogen-bond acceptors (Lipinski definition) is 5. The lowest BCUT2D eigenvalue weighted by molar-refractivity contribution is -0.123. The molecule has 1 aliphatic heterocycles. The molecule has 10 heteroatoms. The Bertz CT molecular complexity index is 1350. The van der Waals surface area contributed by atoms with Gasteiger partial charge in [-0.25, -0.2) is 0 Å². The van der Waals surface area contributed by atoms with E-state index >= 15 is 0 Å². The zero-order valence-corrected chi connectivity index (χ0v) is 21.9. The summed E-state index contributed by atoms with van der Waals surface area (Å²) in [5.74, 6) is -0.449. The number of benzene rings is 3. The zero-order valence-electron chi connectivity index (χ0n) is 18.0. The number of anilines is 1. The van der Waals surface area contributed by atoms with Crippen molar-refractivity contribution >= 4 is 79.7 Å². The first kappa shape index (κ1) is 25.3. The van der Waals surface area contributed by atoms with E-state index in [4.69, 9.17) is 27.9 Å². The third-order valence-electron chi connectivity index (χ3n) is 4.93. The van der Waals surface area contributed by atoms with Gasteiger partial charge in [0.1, 0.15) is 5.75 Å². The SMILES string of the molecule is O=C(COc1ccc(Br)cc1/C=C1\SC(=O)N(Cc2ccccc2Cl)C1=O)Nc1ccccc1Cl. The van der Waals surface area contributed by atoms with Crippen LogP contribution in [0.5, 0.6) is 5.75 Å². The second-order valence-corrected chi connectivity index (χ2v) is 10.1. The number of nitrogens with one attached hydrogen (secondary N) is 1. The first-order valence-corrected chi connectivity index (χ1v) is 12.6. The minimum absolute atomic E-state index is 0.0751. The van der Waals surface area contributed by atoms with E-state index in [1.165, 1.54) is 0 Å². The molecule has 6 nitrogen and oxygen atoms in total. The second kappa shape index (κ2) is 11.3. The van der Waals surface area contributed by atoms with E-state index in [2.05, 4.69) is 21.2 Å². The number of para-hydroxylation sites is 1. The Hall–Kier alpha value is -2.78. The highest BCUT2D eigenvalue weighted by molar-refractivity contribution is 9.10. The number of amides is 3. The van der Waals surface area contributed by atoms with Crippen molar-refractivity contribution in [2.75, 3.05) is 11.9 Å². The number of ether oxygens (including phenoxy) is 1. The molecule has 0 bridgehead atoms. The van der Waals surface area contributed by atoms with Crippen LogP contribution in [0.1, 0.15) is 11.1 Å². The van der Waals surface area contributed by atoms with Crippen molar-refractivity contribution < 1.29 is 19.1 Å². The van der Waals surface area contributed by atoms with E-state index in [0.717, 1.165) is 21.1 Å². The molecule has 3 aromatic rings. The first-order valence-electron chi connectivity index (χ1n) is 10.3. The van der Waals surface area contributed by atoms with E-state index in [-0.39, 0.29) is 18.1 Å². The maximum atomic E-state index is 13.0. The topological polar surface area (TPSA) is 75.7 Å². The summed E-state index contributed by atoms with van der Waals surface area (Å²) in [4.78, 5) is 39.3. The minimum Gasteiger partial charge on any atom is -0.483 e. The zero-order chi connectivity index (χ0) is 24.9. The molecule has 0 atom stereocenters. The highest BCUT2D eigenvalue weighted by Gasteiger charge is 2.35. The van der Waals surface area contributed by atoms with Gasteiger partial charge in [-0.05, 0) is 59.8 Å². The molecule has 0 unspecified atom stereocenters. The van der Waals surface area contributed by atoms with Gasteiger partial charge in [0.05, 0.1) is 22.2 Å². The first-order chi connectivity index (χ1) is 16.8. The van der Waals surface area contributed by atoms with Gasteiger partial charge < -0.3 is 10.1 Å². The maximum absolute atomic E-state index is 13.0. The highest BCUT2D eigenvalue weighted by atomic mass is 79.9. The Balaban J connectivity index is 1.49. The van der Waals surface area contributed by atoms with Gasteiger partial charge in [-0.2, -0.15) is 0 Å². The van der Waals surface area contributed by atoms with Gasteiger partial charge in [0.2, 0.25) is 0 Å². The Labute approximate surface area is 224 Å². The van der Waals surface area contributed by atoms with E-state index in [9.17, 15) is 14.4 Å². The molecule has 0 radical (unpaired) electrons. The van der Waals surface area contributed by atoms with Crippen molar-refractivity contribution in [2.45, 2.75) is 6.54 Å². The molecule has 35 heavy (non-hydrogen) atoms. The lowest BCUT2D eigenvalue weighted by Gasteiger charge is -2.13. The third-order valence-corrected chi connectivity index (χ3v) is 7.02. The molecule has 0 spiro atoms. The number of thioether (sulfide) groups is 1. The number of nitrogens with zero attached hydrogens (tertiary/aromatic N) is 1. The summed E-state index contributed by atoms with van der Waals surface area (Å²) in [6.45, 7) is -0.201. The molecule has 4 rings (SSSR count). The van der Waals surface area contributed by atoms with Crippen molar-refractivity contribution in [3.05, 3.63) is 97.3 Å². The smallest absolute Gasteiger partial charge is 0.293 e. The van der Waals surface area contributed by atoms with Crippen LogP contribution in [0.3, 0.4) is 0 Å². The van der Waals surface area contributed by atoms with Crippen molar-refractivity contribution in [3.8, 4) is 5.75 Å². The predicted molar refractivity (Wildman–Crippen MR) is 143 cm³/mol. The molecule has 3 amide bonds. The summed E-state index contributed by atoms with van der Waals surface area (Å²) in [5.41, 5.74) is 1.69. The third kappa shape index (κ3) is 6.27. The molecular formula is C25H17BrCl2N2O4S. The van der Waals surface area contributed by atoms with Gasteiger partial charge in [-0.15, -0.1) is 0 Å². The maximum Gasteiger partial charge on any atom is 0.293 e. The Morgan fingerprint density at radius 1 is 1.03 bits per heavy atom. The van der Waals surface area contributed by atoms with Crippen LogP contribution in [-0.2, 0) is 16.1 Å². The summed E-state index contributed by atoms with van der Waals surface area (Å²) >= 11 is 16.5. The quantitative estimate of drug-likeness (QED) is 0.299. The van der Waals surface area contributed by atoms with E-state index in [0.29, 0.717) is 32.6 Å². The number of carbonyl (C=O) groups is 3. The van der Waals surface area contributed by atoms with Crippen molar-refractivity contribution in [3.63, 3.8) is 0 Å². The van der Waals surface area contributed by atoms with Crippen molar-refractivity contribution in [1.29, 1.82) is 0 Å². The monoisotopic (exact) mass is 590 g/mol. The molecular weight excluding hydrogens is 575 g/mol. The minimum atomic E-state index is -0.428. The highest BCUT2D eigenvalue weighted by Crippen LogP contribution is 2.36. The Morgan fingerprint density at radius 3 is 2.49 bits per heavy atom. The second-order valence-electron chi connectivity index (χ2n) is 7.36. The van der Waals surface area contributed by atoms with Crippen LogP contribution in [0, 0.1) is 0 Å². The summed E-state index contributed by atoms with van der Waals surface area (Å²) in [6, 6.07) is 19.1. The lowest BCUT2D eigenvalue weighted by Crippen LogP contribution is -2.27. The molecule has 1 heterocycles. The number of rotatable bonds is 7. The summed E-state index contributed by atoms with van der Waals surface area (Å²) in [6.07, 6.45) is 1.57. The van der Waals surface area contributed by atoms with Crippen molar-refractivity contribution in [1.82, 2.24) is 4.90 Å². The van der Waals surface area contributed by atoms with Crippen LogP contribution in [-0.4, -0.2) is 28.6 Å².